The number of benzene rings is 1. The Hall–Kier alpha value is -0.860. The summed E-state index contributed by atoms with van der Waals surface area (Å²) in [5.74, 6) is 0. The van der Waals surface area contributed by atoms with Crippen molar-refractivity contribution >= 4 is 0 Å². The first-order chi connectivity index (χ1) is 12.2. The highest BCUT2D eigenvalue weighted by Crippen LogP contribution is 2.35. The van der Waals surface area contributed by atoms with Gasteiger partial charge in [-0.3, -0.25) is 4.90 Å². The lowest BCUT2D eigenvalue weighted by Crippen LogP contribution is -2.42. The van der Waals surface area contributed by atoms with Gasteiger partial charge < -0.3 is 5.11 Å². The summed E-state index contributed by atoms with van der Waals surface area (Å²) in [6.07, 6.45) is 15.6. The van der Waals surface area contributed by atoms with Gasteiger partial charge in [0.25, 0.3) is 0 Å². The highest BCUT2D eigenvalue weighted by molar-refractivity contribution is 5.24. The number of aliphatic hydroxyl groups excluding tert-OH is 1. The molecule has 25 heavy (non-hydrogen) atoms. The molecule has 0 saturated heterocycles. The van der Waals surface area contributed by atoms with Gasteiger partial charge in [0, 0.05) is 12.1 Å². The fraction of sp³-hybridized carbons (Fsp3) is 0.739. The molecule has 0 radical (unpaired) electrons. The molecule has 0 aliphatic rings. The Bertz CT molecular complexity index is 417. The van der Waals surface area contributed by atoms with Crippen molar-refractivity contribution in [3.05, 3.63) is 35.9 Å². The average Bonchev–Trinajstić information content (AvgIpc) is 2.63. The van der Waals surface area contributed by atoms with Crippen molar-refractivity contribution in [2.75, 3.05) is 20.7 Å². The SMILES string of the molecule is CCCCCCCCCCCCC(CCO)(c1ccccc1)N(C)C. The molecule has 1 aromatic rings. The summed E-state index contributed by atoms with van der Waals surface area (Å²) in [6.45, 7) is 2.52. The van der Waals surface area contributed by atoms with E-state index in [0.29, 0.717) is 0 Å². The van der Waals surface area contributed by atoms with Gasteiger partial charge in [-0.15, -0.1) is 0 Å². The molecule has 0 amide bonds. The second-order valence-electron chi connectivity index (χ2n) is 7.70. The van der Waals surface area contributed by atoms with Crippen LogP contribution in [0, 0.1) is 0 Å². The summed E-state index contributed by atoms with van der Waals surface area (Å²) >= 11 is 0. The van der Waals surface area contributed by atoms with Crippen molar-refractivity contribution in [1.29, 1.82) is 0 Å². The van der Waals surface area contributed by atoms with E-state index in [1.807, 2.05) is 0 Å². The average molecular weight is 348 g/mol. The Morgan fingerprint density at radius 1 is 0.760 bits per heavy atom. The Labute approximate surface area is 156 Å². The molecule has 0 aliphatic carbocycles. The molecule has 0 aliphatic heterocycles. The van der Waals surface area contributed by atoms with Crippen molar-refractivity contribution in [2.45, 2.75) is 89.5 Å². The highest BCUT2D eigenvalue weighted by Gasteiger charge is 2.33. The van der Waals surface area contributed by atoms with E-state index in [1.165, 1.54) is 69.8 Å². The molecule has 2 heteroatoms. The maximum absolute atomic E-state index is 9.65. The minimum atomic E-state index is -0.0316. The summed E-state index contributed by atoms with van der Waals surface area (Å²) in [4.78, 5) is 2.31. The quantitative estimate of drug-likeness (QED) is 0.385. The zero-order valence-corrected chi connectivity index (χ0v) is 17.0. The van der Waals surface area contributed by atoms with E-state index >= 15 is 0 Å². The molecule has 1 N–H and O–H groups in total. The zero-order chi connectivity index (χ0) is 18.4. The molecule has 1 unspecified atom stereocenters. The first kappa shape index (κ1) is 22.2. The van der Waals surface area contributed by atoms with Gasteiger partial charge in [0.2, 0.25) is 0 Å². The Kier molecular flexibility index (Phi) is 11.9. The van der Waals surface area contributed by atoms with Gasteiger partial charge in [0.1, 0.15) is 0 Å². The van der Waals surface area contributed by atoms with Crippen LogP contribution in [0.5, 0.6) is 0 Å². The summed E-state index contributed by atoms with van der Waals surface area (Å²) in [7, 11) is 4.30. The normalized spacial score (nSPS) is 14.0. The molecule has 0 bridgehead atoms. The fourth-order valence-corrected chi connectivity index (χ4v) is 3.96. The first-order valence-corrected chi connectivity index (χ1v) is 10.5. The lowest BCUT2D eigenvalue weighted by atomic mass is 9.81. The van der Waals surface area contributed by atoms with Crippen LogP contribution in [0.4, 0.5) is 0 Å². The monoisotopic (exact) mass is 347 g/mol. The minimum Gasteiger partial charge on any atom is -0.396 e. The summed E-state index contributed by atoms with van der Waals surface area (Å²) in [5.41, 5.74) is 1.31. The lowest BCUT2D eigenvalue weighted by molar-refractivity contribution is 0.0934. The van der Waals surface area contributed by atoms with Crippen LogP contribution < -0.4 is 0 Å². The number of hydrogen-bond donors (Lipinski definition) is 1. The molecular weight excluding hydrogens is 306 g/mol. The molecule has 0 saturated carbocycles. The van der Waals surface area contributed by atoms with E-state index in [-0.39, 0.29) is 12.1 Å². The van der Waals surface area contributed by atoms with E-state index in [0.717, 1.165) is 12.8 Å². The smallest absolute Gasteiger partial charge is 0.0476 e. The van der Waals surface area contributed by atoms with Crippen LogP contribution in [0.25, 0.3) is 0 Å². The van der Waals surface area contributed by atoms with Crippen molar-refractivity contribution in [1.82, 2.24) is 4.90 Å². The summed E-state index contributed by atoms with van der Waals surface area (Å²) < 4.78 is 0. The molecule has 0 spiro atoms. The van der Waals surface area contributed by atoms with E-state index in [1.54, 1.807) is 0 Å². The van der Waals surface area contributed by atoms with Crippen LogP contribution in [0.3, 0.4) is 0 Å². The molecule has 2 nitrogen and oxygen atoms in total. The van der Waals surface area contributed by atoms with Gasteiger partial charge in [0.05, 0.1) is 0 Å². The van der Waals surface area contributed by atoms with Crippen molar-refractivity contribution in [3.63, 3.8) is 0 Å². The van der Waals surface area contributed by atoms with Crippen LogP contribution in [0.15, 0.2) is 30.3 Å². The van der Waals surface area contributed by atoms with Gasteiger partial charge in [-0.2, -0.15) is 0 Å². The minimum absolute atomic E-state index is 0.0316. The van der Waals surface area contributed by atoms with Crippen LogP contribution in [0.1, 0.15) is 89.5 Å². The van der Waals surface area contributed by atoms with Crippen LogP contribution >= 0.6 is 0 Å². The van der Waals surface area contributed by atoms with Crippen LogP contribution in [-0.2, 0) is 5.54 Å². The third kappa shape index (κ3) is 7.92. The highest BCUT2D eigenvalue weighted by atomic mass is 16.3. The van der Waals surface area contributed by atoms with Crippen LogP contribution in [-0.4, -0.2) is 30.7 Å². The molecule has 0 aromatic heterocycles. The number of hydrogen-bond acceptors (Lipinski definition) is 2. The van der Waals surface area contributed by atoms with E-state index < -0.39 is 0 Å². The number of unbranched alkanes of at least 4 members (excludes halogenated alkanes) is 9. The maximum Gasteiger partial charge on any atom is 0.0476 e. The molecule has 1 rings (SSSR count). The van der Waals surface area contributed by atoms with E-state index in [9.17, 15) is 5.11 Å². The molecular formula is C23H41NO. The van der Waals surface area contributed by atoms with Gasteiger partial charge in [0.15, 0.2) is 0 Å². The van der Waals surface area contributed by atoms with E-state index in [4.69, 9.17) is 0 Å². The topological polar surface area (TPSA) is 23.5 Å². The van der Waals surface area contributed by atoms with Crippen LogP contribution in [0.2, 0.25) is 0 Å². The Morgan fingerprint density at radius 3 is 1.76 bits per heavy atom. The summed E-state index contributed by atoms with van der Waals surface area (Å²) in [6, 6.07) is 10.7. The summed E-state index contributed by atoms with van der Waals surface area (Å²) in [5, 5.41) is 9.65. The van der Waals surface area contributed by atoms with Crippen molar-refractivity contribution in [2.24, 2.45) is 0 Å². The third-order valence-corrected chi connectivity index (χ3v) is 5.64. The van der Waals surface area contributed by atoms with Crippen molar-refractivity contribution < 1.29 is 5.11 Å². The van der Waals surface area contributed by atoms with Gasteiger partial charge in [-0.25, -0.2) is 0 Å². The van der Waals surface area contributed by atoms with Gasteiger partial charge in [-0.1, -0.05) is 101 Å². The Balaban J connectivity index is 2.37. The zero-order valence-electron chi connectivity index (χ0n) is 17.0. The lowest BCUT2D eigenvalue weighted by Gasteiger charge is -2.40. The number of aliphatic hydroxyl groups is 1. The predicted molar refractivity (Wildman–Crippen MR) is 110 cm³/mol. The van der Waals surface area contributed by atoms with Crippen molar-refractivity contribution in [3.8, 4) is 0 Å². The molecule has 0 fully saturated rings. The molecule has 1 atom stereocenters. The predicted octanol–water partition coefficient (Wildman–Crippen LogP) is 6.14. The maximum atomic E-state index is 9.65. The van der Waals surface area contributed by atoms with E-state index in [2.05, 4.69) is 56.3 Å². The number of rotatable bonds is 15. The third-order valence-electron chi connectivity index (χ3n) is 5.64. The first-order valence-electron chi connectivity index (χ1n) is 10.5. The largest absolute Gasteiger partial charge is 0.396 e. The fourth-order valence-electron chi connectivity index (χ4n) is 3.96. The number of nitrogens with zero attached hydrogens (tertiary/aromatic N) is 1. The van der Waals surface area contributed by atoms with Gasteiger partial charge >= 0.3 is 0 Å². The second kappa shape index (κ2) is 13.4. The second-order valence-corrected chi connectivity index (χ2v) is 7.70. The molecule has 0 heterocycles. The molecule has 144 valence electrons. The van der Waals surface area contributed by atoms with Gasteiger partial charge in [-0.05, 0) is 32.5 Å². The standard InChI is InChI=1S/C23H41NO/c1-4-5-6-7-8-9-10-11-12-16-19-23(20-21-25,24(2)3)22-17-14-13-15-18-22/h13-15,17-18,25H,4-12,16,19-21H2,1-3H3. The Morgan fingerprint density at radius 2 is 1.28 bits per heavy atom. The molecule has 1 aromatic carbocycles.